The van der Waals surface area contributed by atoms with E-state index in [1.807, 2.05) is 0 Å². The number of halogens is 2. The molecule has 0 aromatic heterocycles. The van der Waals surface area contributed by atoms with Gasteiger partial charge < -0.3 is 10.6 Å². The lowest BCUT2D eigenvalue weighted by molar-refractivity contribution is -0.123. The fourth-order valence-electron chi connectivity index (χ4n) is 2.34. The van der Waals surface area contributed by atoms with Crippen molar-refractivity contribution in [2.45, 2.75) is 38.3 Å². The van der Waals surface area contributed by atoms with Crippen LogP contribution in [0.3, 0.4) is 0 Å². The molecule has 1 aromatic rings. The second kappa shape index (κ2) is 6.10. The van der Waals surface area contributed by atoms with Gasteiger partial charge in [0.1, 0.15) is 11.6 Å². The topological polar surface area (TPSA) is 41.1 Å². The van der Waals surface area contributed by atoms with Crippen LogP contribution in [0, 0.1) is 11.6 Å². The Bertz CT molecular complexity index is 439. The van der Waals surface area contributed by atoms with Crippen LogP contribution in [0.1, 0.15) is 25.3 Å². The van der Waals surface area contributed by atoms with Crippen molar-refractivity contribution in [3.8, 4) is 0 Å². The number of carbonyl (C=O) groups excluding carboxylic acids is 1. The third kappa shape index (κ3) is 3.50. The van der Waals surface area contributed by atoms with Gasteiger partial charge in [-0.15, -0.1) is 0 Å². The van der Waals surface area contributed by atoms with E-state index in [4.69, 9.17) is 0 Å². The second-order valence-electron chi connectivity index (χ2n) is 4.96. The highest BCUT2D eigenvalue weighted by Gasteiger charge is 2.23. The largest absolute Gasteiger partial charge is 0.352 e. The van der Waals surface area contributed by atoms with E-state index < -0.39 is 11.6 Å². The van der Waals surface area contributed by atoms with E-state index >= 15 is 0 Å². The van der Waals surface area contributed by atoms with Crippen molar-refractivity contribution >= 4 is 5.91 Å². The number of rotatable bonds is 4. The quantitative estimate of drug-likeness (QED) is 0.873. The first-order valence-electron chi connectivity index (χ1n) is 6.54. The molecule has 0 saturated carbocycles. The van der Waals surface area contributed by atoms with Crippen LogP contribution in [0.4, 0.5) is 8.78 Å². The second-order valence-corrected chi connectivity index (χ2v) is 4.96. The minimum Gasteiger partial charge on any atom is -0.352 e. The van der Waals surface area contributed by atoms with Crippen molar-refractivity contribution in [3.63, 3.8) is 0 Å². The molecule has 1 unspecified atom stereocenters. The molecule has 1 fully saturated rings. The molecule has 2 atom stereocenters. The summed E-state index contributed by atoms with van der Waals surface area (Å²) in [6.07, 6.45) is 1.94. The Morgan fingerprint density at radius 2 is 2.16 bits per heavy atom. The van der Waals surface area contributed by atoms with Crippen molar-refractivity contribution in [1.29, 1.82) is 0 Å². The molecule has 1 aromatic carbocycles. The molecule has 1 amide bonds. The van der Waals surface area contributed by atoms with Gasteiger partial charge in [-0.3, -0.25) is 4.79 Å². The lowest BCUT2D eigenvalue weighted by Gasteiger charge is -2.17. The molecule has 19 heavy (non-hydrogen) atoms. The maximum Gasteiger partial charge on any atom is 0.237 e. The van der Waals surface area contributed by atoms with E-state index in [9.17, 15) is 13.6 Å². The van der Waals surface area contributed by atoms with Gasteiger partial charge in [0.05, 0.1) is 6.04 Å². The number of hydrogen-bond acceptors (Lipinski definition) is 2. The number of amides is 1. The average Bonchev–Trinajstić information content (AvgIpc) is 2.88. The van der Waals surface area contributed by atoms with Gasteiger partial charge in [-0.1, -0.05) is 6.07 Å². The predicted octanol–water partition coefficient (Wildman–Crippen LogP) is 1.76. The minimum atomic E-state index is -0.569. The molecule has 3 nitrogen and oxygen atoms in total. The zero-order valence-corrected chi connectivity index (χ0v) is 10.9. The Morgan fingerprint density at radius 3 is 2.74 bits per heavy atom. The summed E-state index contributed by atoms with van der Waals surface area (Å²) in [6, 6.07) is 3.31. The first-order valence-corrected chi connectivity index (χ1v) is 6.54. The molecule has 1 heterocycles. The van der Waals surface area contributed by atoms with Crippen molar-refractivity contribution < 1.29 is 13.6 Å². The zero-order valence-electron chi connectivity index (χ0n) is 10.9. The molecule has 2 N–H and O–H groups in total. The highest BCUT2D eigenvalue weighted by molar-refractivity contribution is 5.82. The Kier molecular flexibility index (Phi) is 4.47. The molecule has 1 aliphatic heterocycles. The first kappa shape index (κ1) is 13.9. The molecule has 1 aliphatic rings. The smallest absolute Gasteiger partial charge is 0.237 e. The summed E-state index contributed by atoms with van der Waals surface area (Å²) in [5.74, 6) is -1.23. The molecule has 0 aliphatic carbocycles. The Morgan fingerprint density at radius 1 is 1.47 bits per heavy atom. The van der Waals surface area contributed by atoms with E-state index in [1.165, 1.54) is 18.2 Å². The van der Waals surface area contributed by atoms with Crippen LogP contribution in [0.25, 0.3) is 0 Å². The third-order valence-electron chi connectivity index (χ3n) is 3.34. The van der Waals surface area contributed by atoms with Gasteiger partial charge in [0.2, 0.25) is 5.91 Å². The fraction of sp³-hybridized carbons (Fsp3) is 0.500. The van der Waals surface area contributed by atoms with Crippen molar-refractivity contribution in [1.82, 2.24) is 10.6 Å². The van der Waals surface area contributed by atoms with Gasteiger partial charge in [0.15, 0.2) is 0 Å². The first-order chi connectivity index (χ1) is 9.08. The van der Waals surface area contributed by atoms with Crippen LogP contribution in [0.2, 0.25) is 0 Å². The van der Waals surface area contributed by atoms with E-state index in [2.05, 4.69) is 10.6 Å². The number of benzene rings is 1. The van der Waals surface area contributed by atoms with Gasteiger partial charge in [-0.25, -0.2) is 8.78 Å². The molecular formula is C14H18F2N2O. The van der Waals surface area contributed by atoms with Crippen LogP contribution in [0.5, 0.6) is 0 Å². The monoisotopic (exact) mass is 268 g/mol. The Hall–Kier alpha value is -1.49. The van der Waals surface area contributed by atoms with Gasteiger partial charge in [0, 0.05) is 11.6 Å². The number of nitrogens with one attached hydrogen (secondary N) is 2. The molecular weight excluding hydrogens is 250 g/mol. The summed E-state index contributed by atoms with van der Waals surface area (Å²) < 4.78 is 27.0. The number of hydrogen-bond donors (Lipinski definition) is 2. The predicted molar refractivity (Wildman–Crippen MR) is 68.7 cm³/mol. The van der Waals surface area contributed by atoms with E-state index in [-0.39, 0.29) is 30.0 Å². The summed E-state index contributed by atoms with van der Waals surface area (Å²) in [5.41, 5.74) is 0.0229. The lowest BCUT2D eigenvalue weighted by Crippen LogP contribution is -2.45. The third-order valence-corrected chi connectivity index (χ3v) is 3.34. The Labute approximate surface area is 111 Å². The SMILES string of the molecule is CC(Cc1c(F)cccc1F)NC(=O)[C@H]1CCCN1. The normalized spacial score (nSPS) is 20.3. The molecule has 0 bridgehead atoms. The van der Waals surface area contributed by atoms with E-state index in [0.717, 1.165) is 19.4 Å². The molecule has 104 valence electrons. The van der Waals surface area contributed by atoms with Crippen LogP contribution in [0.15, 0.2) is 18.2 Å². The van der Waals surface area contributed by atoms with Crippen LogP contribution in [-0.2, 0) is 11.2 Å². The maximum absolute atomic E-state index is 13.5. The fourth-order valence-corrected chi connectivity index (χ4v) is 2.34. The standard InChI is InChI=1S/C14H18F2N2O/c1-9(18-14(19)13-6-3-7-17-13)8-10-11(15)4-2-5-12(10)16/h2,4-5,9,13,17H,3,6-8H2,1H3,(H,18,19)/t9?,13-/m1/s1. The zero-order chi connectivity index (χ0) is 13.8. The minimum absolute atomic E-state index is 0.0229. The van der Waals surface area contributed by atoms with Crippen LogP contribution in [-0.4, -0.2) is 24.5 Å². The van der Waals surface area contributed by atoms with Crippen molar-refractivity contribution in [2.75, 3.05) is 6.54 Å². The number of carbonyl (C=O) groups is 1. The van der Waals surface area contributed by atoms with E-state index in [1.54, 1.807) is 6.92 Å². The summed E-state index contributed by atoms with van der Waals surface area (Å²) in [4.78, 5) is 11.9. The van der Waals surface area contributed by atoms with Crippen LogP contribution < -0.4 is 10.6 Å². The average molecular weight is 268 g/mol. The molecule has 2 rings (SSSR count). The van der Waals surface area contributed by atoms with Gasteiger partial charge in [-0.05, 0) is 44.9 Å². The molecule has 0 radical (unpaired) electrons. The maximum atomic E-state index is 13.5. The van der Waals surface area contributed by atoms with Crippen molar-refractivity contribution in [2.24, 2.45) is 0 Å². The summed E-state index contributed by atoms with van der Waals surface area (Å²) in [6.45, 7) is 2.59. The summed E-state index contributed by atoms with van der Waals surface area (Å²) in [7, 11) is 0. The van der Waals surface area contributed by atoms with Gasteiger partial charge >= 0.3 is 0 Å². The highest BCUT2D eigenvalue weighted by atomic mass is 19.1. The van der Waals surface area contributed by atoms with Gasteiger partial charge in [-0.2, -0.15) is 0 Å². The van der Waals surface area contributed by atoms with E-state index in [0.29, 0.717) is 0 Å². The van der Waals surface area contributed by atoms with Crippen LogP contribution >= 0.6 is 0 Å². The summed E-state index contributed by atoms with van der Waals surface area (Å²) >= 11 is 0. The summed E-state index contributed by atoms with van der Waals surface area (Å²) in [5, 5.41) is 5.88. The molecule has 0 spiro atoms. The molecule has 5 heteroatoms. The molecule has 1 saturated heterocycles. The highest BCUT2D eigenvalue weighted by Crippen LogP contribution is 2.14. The Balaban J connectivity index is 1.93. The lowest BCUT2D eigenvalue weighted by atomic mass is 10.1. The van der Waals surface area contributed by atoms with Gasteiger partial charge in [0.25, 0.3) is 0 Å². The van der Waals surface area contributed by atoms with Crippen molar-refractivity contribution in [3.05, 3.63) is 35.4 Å².